The highest BCUT2D eigenvalue weighted by Crippen LogP contribution is 2.29. The molecule has 1 aromatic carbocycles. The Bertz CT molecular complexity index is 768. The van der Waals surface area contributed by atoms with Crippen LogP contribution in [0.15, 0.2) is 42.6 Å². The van der Waals surface area contributed by atoms with Gasteiger partial charge in [-0.15, -0.1) is 0 Å². The lowest BCUT2D eigenvalue weighted by Crippen LogP contribution is -2.18. The van der Waals surface area contributed by atoms with Gasteiger partial charge in [-0.05, 0) is 5.56 Å². The second kappa shape index (κ2) is 4.86. The number of nitrogens with zero attached hydrogens (tertiary/aromatic N) is 3. The molecule has 0 saturated heterocycles. The number of anilines is 1. The van der Waals surface area contributed by atoms with Gasteiger partial charge in [0.2, 0.25) is 0 Å². The number of nitrogens with two attached hydrogens (primary N) is 1. The molecule has 0 aliphatic carbocycles. The second-order valence-corrected chi connectivity index (χ2v) is 6.08. The van der Waals surface area contributed by atoms with E-state index in [1.165, 1.54) is 0 Å². The van der Waals surface area contributed by atoms with Gasteiger partial charge < -0.3 is 5.43 Å². The predicted molar refractivity (Wildman–Crippen MR) is 84.9 cm³/mol. The van der Waals surface area contributed by atoms with Crippen molar-refractivity contribution < 1.29 is 0 Å². The zero-order valence-corrected chi connectivity index (χ0v) is 12.5. The lowest BCUT2D eigenvalue weighted by molar-refractivity contribution is 0.568. The molecule has 3 rings (SSSR count). The maximum atomic E-state index is 5.64. The maximum Gasteiger partial charge on any atom is 0.165 e. The smallest absolute Gasteiger partial charge is 0.165 e. The molecule has 21 heavy (non-hydrogen) atoms. The van der Waals surface area contributed by atoms with Crippen molar-refractivity contribution >= 4 is 11.5 Å². The van der Waals surface area contributed by atoms with Crippen molar-refractivity contribution in [1.82, 2.24) is 14.6 Å². The molecule has 0 aliphatic heterocycles. The summed E-state index contributed by atoms with van der Waals surface area (Å²) in [6.45, 7) is 6.39. The molecule has 108 valence electrons. The Hall–Kier alpha value is -2.40. The third-order valence-corrected chi connectivity index (χ3v) is 3.47. The molecular weight excluding hydrogens is 262 g/mol. The number of rotatable bonds is 2. The number of hydrazine groups is 1. The van der Waals surface area contributed by atoms with Gasteiger partial charge in [-0.25, -0.2) is 10.8 Å². The molecule has 0 unspecified atom stereocenters. The fraction of sp³-hybridized carbons (Fsp3) is 0.250. The van der Waals surface area contributed by atoms with Gasteiger partial charge in [0.1, 0.15) is 5.82 Å². The summed E-state index contributed by atoms with van der Waals surface area (Å²) < 4.78 is 1.73. The van der Waals surface area contributed by atoms with E-state index in [-0.39, 0.29) is 5.41 Å². The van der Waals surface area contributed by atoms with E-state index in [1.807, 2.05) is 30.5 Å². The molecule has 0 fully saturated rings. The Kier molecular flexibility index (Phi) is 3.14. The first-order valence-corrected chi connectivity index (χ1v) is 6.92. The van der Waals surface area contributed by atoms with Crippen LogP contribution in [-0.4, -0.2) is 14.6 Å². The molecule has 0 spiro atoms. The zero-order valence-electron chi connectivity index (χ0n) is 12.5. The first-order chi connectivity index (χ1) is 10.0. The fourth-order valence-corrected chi connectivity index (χ4v) is 2.27. The Labute approximate surface area is 123 Å². The van der Waals surface area contributed by atoms with E-state index in [0.717, 1.165) is 28.3 Å². The molecule has 0 bridgehead atoms. The summed E-state index contributed by atoms with van der Waals surface area (Å²) in [5, 5.41) is 4.40. The monoisotopic (exact) mass is 281 g/mol. The van der Waals surface area contributed by atoms with Crippen LogP contribution in [0, 0.1) is 0 Å². The summed E-state index contributed by atoms with van der Waals surface area (Å²) in [6.07, 6.45) is 1.82. The van der Waals surface area contributed by atoms with Gasteiger partial charge in [0, 0.05) is 17.0 Å². The van der Waals surface area contributed by atoms with Crippen LogP contribution in [0.3, 0.4) is 0 Å². The molecule has 0 radical (unpaired) electrons. The van der Waals surface area contributed by atoms with Crippen LogP contribution >= 0.6 is 0 Å². The van der Waals surface area contributed by atoms with Gasteiger partial charge >= 0.3 is 0 Å². The van der Waals surface area contributed by atoms with E-state index in [0.29, 0.717) is 0 Å². The lowest BCUT2D eigenvalue weighted by atomic mass is 9.92. The number of nitrogens with one attached hydrogen (secondary N) is 1. The van der Waals surface area contributed by atoms with Crippen LogP contribution in [-0.2, 0) is 5.41 Å². The molecule has 2 aromatic heterocycles. The Morgan fingerprint density at radius 1 is 1.14 bits per heavy atom. The van der Waals surface area contributed by atoms with E-state index in [4.69, 9.17) is 10.8 Å². The number of benzene rings is 1. The molecule has 0 amide bonds. The van der Waals surface area contributed by atoms with Gasteiger partial charge in [-0.1, -0.05) is 51.1 Å². The molecule has 3 aromatic rings. The number of fused-ring (bicyclic) bond motifs is 1. The van der Waals surface area contributed by atoms with Crippen LogP contribution in [0.1, 0.15) is 26.5 Å². The van der Waals surface area contributed by atoms with Gasteiger partial charge in [-0.2, -0.15) is 9.61 Å². The summed E-state index contributed by atoms with van der Waals surface area (Å²) >= 11 is 0. The van der Waals surface area contributed by atoms with E-state index in [2.05, 4.69) is 43.4 Å². The molecule has 0 atom stereocenters. The molecule has 2 heterocycles. The first-order valence-electron chi connectivity index (χ1n) is 6.92. The van der Waals surface area contributed by atoms with E-state index >= 15 is 0 Å². The van der Waals surface area contributed by atoms with Crippen LogP contribution in [0.4, 0.5) is 5.82 Å². The van der Waals surface area contributed by atoms with Crippen LogP contribution < -0.4 is 11.3 Å². The second-order valence-electron chi connectivity index (χ2n) is 6.08. The van der Waals surface area contributed by atoms with Gasteiger partial charge in [0.25, 0.3) is 0 Å². The topological polar surface area (TPSA) is 68.2 Å². The van der Waals surface area contributed by atoms with Crippen molar-refractivity contribution in [2.24, 2.45) is 5.84 Å². The SMILES string of the molecule is CC(C)(C)c1cc(NN)n2ncc(-c3ccccc3)c2n1. The van der Waals surface area contributed by atoms with Crippen molar-refractivity contribution in [3.8, 4) is 11.1 Å². The van der Waals surface area contributed by atoms with Gasteiger partial charge in [0.15, 0.2) is 5.65 Å². The third-order valence-electron chi connectivity index (χ3n) is 3.47. The predicted octanol–water partition coefficient (Wildman–Crippen LogP) is 2.98. The lowest BCUT2D eigenvalue weighted by Gasteiger charge is -2.19. The molecule has 5 heteroatoms. The Morgan fingerprint density at radius 2 is 1.86 bits per heavy atom. The minimum atomic E-state index is -0.0639. The van der Waals surface area contributed by atoms with Crippen molar-refractivity contribution in [3.05, 3.63) is 48.3 Å². The number of aromatic nitrogens is 3. The number of hydrogen-bond donors (Lipinski definition) is 2. The Balaban J connectivity index is 2.29. The Morgan fingerprint density at radius 3 is 2.48 bits per heavy atom. The highest BCUT2D eigenvalue weighted by molar-refractivity contribution is 5.78. The van der Waals surface area contributed by atoms with Crippen LogP contribution in [0.5, 0.6) is 0 Å². The minimum absolute atomic E-state index is 0.0639. The average Bonchev–Trinajstić information content (AvgIpc) is 2.90. The molecule has 3 N–H and O–H groups in total. The first kappa shape index (κ1) is 13.6. The molecule has 5 nitrogen and oxygen atoms in total. The van der Waals surface area contributed by atoms with Crippen LogP contribution in [0.25, 0.3) is 16.8 Å². The van der Waals surface area contributed by atoms with Gasteiger partial charge in [-0.3, -0.25) is 0 Å². The normalized spacial score (nSPS) is 11.8. The van der Waals surface area contributed by atoms with Crippen molar-refractivity contribution in [1.29, 1.82) is 0 Å². The fourth-order valence-electron chi connectivity index (χ4n) is 2.27. The minimum Gasteiger partial charge on any atom is -0.308 e. The average molecular weight is 281 g/mol. The van der Waals surface area contributed by atoms with Crippen molar-refractivity contribution in [2.75, 3.05) is 5.43 Å². The van der Waals surface area contributed by atoms with Crippen molar-refractivity contribution in [2.45, 2.75) is 26.2 Å². The van der Waals surface area contributed by atoms with E-state index in [1.54, 1.807) is 4.52 Å². The highest BCUT2D eigenvalue weighted by atomic mass is 15.4. The summed E-state index contributed by atoms with van der Waals surface area (Å²) in [7, 11) is 0. The summed E-state index contributed by atoms with van der Waals surface area (Å²) in [6, 6.07) is 12.1. The van der Waals surface area contributed by atoms with E-state index in [9.17, 15) is 0 Å². The largest absolute Gasteiger partial charge is 0.308 e. The van der Waals surface area contributed by atoms with Gasteiger partial charge in [0.05, 0.1) is 11.9 Å². The number of hydrogen-bond acceptors (Lipinski definition) is 4. The van der Waals surface area contributed by atoms with Crippen molar-refractivity contribution in [3.63, 3.8) is 0 Å². The molecule has 0 saturated carbocycles. The third kappa shape index (κ3) is 2.36. The maximum absolute atomic E-state index is 5.64. The van der Waals surface area contributed by atoms with E-state index < -0.39 is 0 Å². The quantitative estimate of drug-likeness (QED) is 0.559. The van der Waals surface area contributed by atoms with Crippen LogP contribution in [0.2, 0.25) is 0 Å². The summed E-state index contributed by atoms with van der Waals surface area (Å²) in [5.41, 5.74) is 6.51. The molecular formula is C16H19N5. The zero-order chi connectivity index (χ0) is 15.0. The standard InChI is InChI=1S/C16H19N5/c1-16(2,3)13-9-14(20-17)21-15(19-13)12(10-18-21)11-7-5-4-6-8-11/h4-10,20H,17H2,1-3H3. The number of nitrogen functional groups attached to an aromatic ring is 1. The summed E-state index contributed by atoms with van der Waals surface area (Å²) in [4.78, 5) is 4.80. The molecule has 0 aliphatic rings. The highest BCUT2D eigenvalue weighted by Gasteiger charge is 2.20. The summed E-state index contributed by atoms with van der Waals surface area (Å²) in [5.74, 6) is 6.37.